The third-order valence-corrected chi connectivity index (χ3v) is 7.15. The minimum absolute atomic E-state index is 0.0320. The maximum Gasteiger partial charge on any atom is 0.245 e. The van der Waals surface area contributed by atoms with Gasteiger partial charge in [0.05, 0.1) is 38.9 Å². The number of methoxy groups -OCH3 is 3. The number of nitrogens with one attached hydrogen (secondary N) is 1. The second kappa shape index (κ2) is 11.0. The minimum Gasteiger partial charge on any atom is -0.496 e. The Morgan fingerprint density at radius 3 is 2.50 bits per heavy atom. The highest BCUT2D eigenvalue weighted by Gasteiger charge is 2.30. The summed E-state index contributed by atoms with van der Waals surface area (Å²) in [5.41, 5.74) is 0.471. The van der Waals surface area contributed by atoms with Gasteiger partial charge in [0.15, 0.2) is 5.82 Å². The van der Waals surface area contributed by atoms with Gasteiger partial charge in [0, 0.05) is 26.1 Å². The Morgan fingerprint density at radius 1 is 1.11 bits per heavy atom. The van der Waals surface area contributed by atoms with Crippen LogP contribution >= 0.6 is 0 Å². The van der Waals surface area contributed by atoms with Crippen LogP contribution in [-0.4, -0.2) is 80.3 Å². The average molecular weight is 520 g/mol. The lowest BCUT2D eigenvalue weighted by atomic mass is 10.0. The number of sulfonamides is 1. The Morgan fingerprint density at radius 2 is 1.86 bits per heavy atom. The largest absolute Gasteiger partial charge is 0.496 e. The standard InChI is InChI=1S/C23H29N5O7S/c1-32-15-16-7-4-10-19(29)27(16)12-14-36(30,31)26-23-25-24-22(28(23)20-11-6-13-35-20)21-17(33-2)8-5-9-18(21)34-3/h5-6,8-9,11,13,16H,4,7,10,12,14-15H2,1-3H3,(H,25,26)/t16-/m1/s1. The summed E-state index contributed by atoms with van der Waals surface area (Å²) in [7, 11) is 0.655. The molecule has 1 saturated heterocycles. The van der Waals surface area contributed by atoms with Crippen LogP contribution in [0.5, 0.6) is 11.5 Å². The molecular weight excluding hydrogens is 490 g/mol. The van der Waals surface area contributed by atoms with E-state index in [2.05, 4.69) is 14.9 Å². The number of furan rings is 1. The molecule has 4 rings (SSSR count). The van der Waals surface area contributed by atoms with E-state index in [0.717, 1.165) is 12.8 Å². The molecule has 13 heteroatoms. The first kappa shape index (κ1) is 25.5. The van der Waals surface area contributed by atoms with E-state index in [1.54, 1.807) is 42.3 Å². The minimum atomic E-state index is -3.92. The number of likely N-dealkylation sites (tertiary alicyclic amines) is 1. The van der Waals surface area contributed by atoms with Gasteiger partial charge in [-0.15, -0.1) is 10.2 Å². The molecule has 0 unspecified atom stereocenters. The van der Waals surface area contributed by atoms with Crippen LogP contribution in [0.25, 0.3) is 17.3 Å². The van der Waals surface area contributed by atoms with Crippen molar-refractivity contribution in [2.45, 2.75) is 25.3 Å². The number of anilines is 1. The number of carbonyl (C=O) groups is 1. The van der Waals surface area contributed by atoms with E-state index in [9.17, 15) is 13.2 Å². The van der Waals surface area contributed by atoms with E-state index >= 15 is 0 Å². The molecule has 1 atom stereocenters. The van der Waals surface area contributed by atoms with Crippen LogP contribution < -0.4 is 14.2 Å². The van der Waals surface area contributed by atoms with Gasteiger partial charge in [0.1, 0.15) is 17.1 Å². The van der Waals surface area contributed by atoms with Crippen LogP contribution in [0.4, 0.5) is 5.95 Å². The quantitative estimate of drug-likeness (QED) is 0.404. The number of hydrogen-bond acceptors (Lipinski definition) is 9. The van der Waals surface area contributed by atoms with E-state index in [0.29, 0.717) is 30.1 Å². The number of aromatic nitrogens is 3. The van der Waals surface area contributed by atoms with Crippen molar-refractivity contribution in [2.75, 3.05) is 45.0 Å². The second-order valence-corrected chi connectivity index (χ2v) is 10.0. The Balaban J connectivity index is 1.65. The van der Waals surface area contributed by atoms with E-state index in [1.165, 1.54) is 25.0 Å². The first-order chi connectivity index (χ1) is 17.4. The summed E-state index contributed by atoms with van der Waals surface area (Å²) in [4.78, 5) is 14.0. The van der Waals surface area contributed by atoms with Crippen molar-refractivity contribution in [2.24, 2.45) is 0 Å². The number of rotatable bonds is 11. The third kappa shape index (κ3) is 5.31. The monoisotopic (exact) mass is 519 g/mol. The molecule has 1 amide bonds. The predicted molar refractivity (Wildman–Crippen MR) is 131 cm³/mol. The molecule has 0 radical (unpaired) electrons. The van der Waals surface area contributed by atoms with Gasteiger partial charge in [-0.1, -0.05) is 6.07 Å². The molecular formula is C23H29N5O7S. The molecule has 36 heavy (non-hydrogen) atoms. The molecule has 2 aromatic heterocycles. The number of benzene rings is 1. The molecule has 0 bridgehead atoms. The maximum atomic E-state index is 13.1. The van der Waals surface area contributed by atoms with Crippen LogP contribution in [-0.2, 0) is 19.6 Å². The molecule has 12 nitrogen and oxygen atoms in total. The zero-order chi connectivity index (χ0) is 25.7. The first-order valence-corrected chi connectivity index (χ1v) is 13.0. The topological polar surface area (TPSA) is 138 Å². The fourth-order valence-corrected chi connectivity index (χ4v) is 5.21. The lowest BCUT2D eigenvalue weighted by Crippen LogP contribution is -2.48. The fourth-order valence-electron chi connectivity index (χ4n) is 4.26. The van der Waals surface area contributed by atoms with Crippen LogP contribution in [0, 0.1) is 0 Å². The van der Waals surface area contributed by atoms with Crippen molar-refractivity contribution < 1.29 is 31.8 Å². The Labute approximate surface area is 209 Å². The Bertz CT molecular complexity index is 1270. The summed E-state index contributed by atoms with van der Waals surface area (Å²) in [5, 5.41) is 8.32. The molecule has 3 aromatic rings. The van der Waals surface area contributed by atoms with E-state index in [4.69, 9.17) is 18.6 Å². The maximum absolute atomic E-state index is 13.1. The van der Waals surface area contributed by atoms with Gasteiger partial charge < -0.3 is 23.5 Å². The highest BCUT2D eigenvalue weighted by atomic mass is 32.2. The van der Waals surface area contributed by atoms with Gasteiger partial charge >= 0.3 is 0 Å². The molecule has 0 spiro atoms. The van der Waals surface area contributed by atoms with E-state index in [-0.39, 0.29) is 41.9 Å². The fraction of sp³-hybridized carbons (Fsp3) is 0.435. The molecule has 1 aliphatic rings. The third-order valence-electron chi connectivity index (χ3n) is 5.94. The van der Waals surface area contributed by atoms with Crippen LogP contribution in [0.1, 0.15) is 19.3 Å². The van der Waals surface area contributed by atoms with Crippen LogP contribution in [0.2, 0.25) is 0 Å². The number of ether oxygens (including phenoxy) is 3. The summed E-state index contributed by atoms with van der Waals surface area (Å²) in [5.74, 6) is 0.968. The van der Waals surface area contributed by atoms with Gasteiger partial charge in [-0.05, 0) is 31.0 Å². The molecule has 3 heterocycles. The smallest absolute Gasteiger partial charge is 0.245 e. The van der Waals surface area contributed by atoms with Crippen molar-refractivity contribution in [1.82, 2.24) is 19.7 Å². The summed E-state index contributed by atoms with van der Waals surface area (Å²) >= 11 is 0. The van der Waals surface area contributed by atoms with Gasteiger partial charge in [0.25, 0.3) is 0 Å². The van der Waals surface area contributed by atoms with Crippen molar-refractivity contribution in [1.29, 1.82) is 0 Å². The number of piperidine rings is 1. The number of nitrogens with zero attached hydrogens (tertiary/aromatic N) is 4. The zero-order valence-electron chi connectivity index (χ0n) is 20.3. The zero-order valence-corrected chi connectivity index (χ0v) is 21.2. The van der Waals surface area contributed by atoms with Gasteiger partial charge in [0.2, 0.25) is 27.8 Å². The molecule has 1 aliphatic heterocycles. The molecule has 1 N–H and O–H groups in total. The Kier molecular flexibility index (Phi) is 7.79. The summed E-state index contributed by atoms with van der Waals surface area (Å²) in [6.07, 6.45) is 3.37. The van der Waals surface area contributed by atoms with Crippen molar-refractivity contribution in [3.05, 3.63) is 36.6 Å². The van der Waals surface area contributed by atoms with E-state index < -0.39 is 10.0 Å². The van der Waals surface area contributed by atoms with E-state index in [1.807, 2.05) is 0 Å². The van der Waals surface area contributed by atoms with Gasteiger partial charge in [-0.3, -0.25) is 9.52 Å². The van der Waals surface area contributed by atoms with Crippen molar-refractivity contribution in [3.63, 3.8) is 0 Å². The van der Waals surface area contributed by atoms with Crippen LogP contribution in [0.3, 0.4) is 0 Å². The second-order valence-electron chi connectivity index (χ2n) is 8.18. The molecule has 194 valence electrons. The SMILES string of the molecule is COC[C@H]1CCCC(=O)N1CCS(=O)(=O)Nc1nnc(-c2c(OC)cccc2OC)n1-c1ccco1. The molecule has 0 aliphatic carbocycles. The lowest BCUT2D eigenvalue weighted by molar-refractivity contribution is -0.137. The summed E-state index contributed by atoms with van der Waals surface area (Å²) < 4.78 is 51.8. The number of amides is 1. The highest BCUT2D eigenvalue weighted by Crippen LogP contribution is 2.39. The van der Waals surface area contributed by atoms with Gasteiger partial charge in [-0.25, -0.2) is 13.0 Å². The predicted octanol–water partition coefficient (Wildman–Crippen LogP) is 2.31. The Hall–Kier alpha value is -3.58. The number of carbonyl (C=O) groups excluding carboxylic acids is 1. The molecule has 1 fully saturated rings. The average Bonchev–Trinajstić information content (AvgIpc) is 3.53. The van der Waals surface area contributed by atoms with Crippen molar-refractivity contribution in [3.8, 4) is 28.8 Å². The summed E-state index contributed by atoms with van der Waals surface area (Å²) in [6.45, 7) is 0.389. The van der Waals surface area contributed by atoms with Gasteiger partial charge in [-0.2, -0.15) is 0 Å². The van der Waals surface area contributed by atoms with Crippen LogP contribution in [0.15, 0.2) is 41.0 Å². The normalized spacial score (nSPS) is 16.2. The lowest BCUT2D eigenvalue weighted by Gasteiger charge is -2.35. The highest BCUT2D eigenvalue weighted by molar-refractivity contribution is 7.92. The molecule has 0 saturated carbocycles. The summed E-state index contributed by atoms with van der Waals surface area (Å²) in [6, 6.07) is 8.38. The van der Waals surface area contributed by atoms with Crippen molar-refractivity contribution >= 4 is 21.9 Å². The first-order valence-electron chi connectivity index (χ1n) is 11.4. The number of hydrogen-bond donors (Lipinski definition) is 1. The molecule has 1 aromatic carbocycles.